The van der Waals surface area contributed by atoms with Gasteiger partial charge in [0.05, 0.1) is 17.8 Å². The molecular formula is C26H43NO6. The van der Waals surface area contributed by atoms with Crippen LogP contribution in [0.5, 0.6) is 0 Å². The van der Waals surface area contributed by atoms with E-state index < -0.39 is 23.2 Å². The predicted octanol–water partition coefficient (Wildman–Crippen LogP) is 2.13. The highest BCUT2D eigenvalue weighted by molar-refractivity contribution is 5.95. The molecule has 4 rings (SSSR count). The van der Waals surface area contributed by atoms with Crippen molar-refractivity contribution in [1.29, 1.82) is 0 Å². The average molecular weight is 466 g/mol. The Bertz CT molecular complexity index is 798. The van der Waals surface area contributed by atoms with Gasteiger partial charge in [0.15, 0.2) is 12.1 Å². The van der Waals surface area contributed by atoms with E-state index in [0.29, 0.717) is 25.8 Å². The van der Waals surface area contributed by atoms with Gasteiger partial charge < -0.3 is 24.8 Å². The van der Waals surface area contributed by atoms with E-state index in [1.165, 1.54) is 0 Å². The van der Waals surface area contributed by atoms with E-state index in [-0.39, 0.29) is 41.3 Å². The molecule has 4 aliphatic carbocycles. The van der Waals surface area contributed by atoms with Crippen LogP contribution >= 0.6 is 0 Å². The highest BCUT2D eigenvalue weighted by atomic mass is 16.7. The standard InChI is InChI=1S/C26H43NO6/c1-15(27(4)14-23(32-5)33-6)16-8-10-26(31)18-11-20(28)19-12-21(29)22(30)13-24(19,2)17(18)7-9-25(16,26)3/h11,15-17,19,21-23,29-31H,7-10,12-14H2,1-6H3/t15?,16?,17?,19?,21?,22?,24-,25?,26-/m1/s1. The van der Waals surface area contributed by atoms with Gasteiger partial charge in [0, 0.05) is 38.1 Å². The number of ether oxygens (including phenoxy) is 2. The molecule has 3 saturated carbocycles. The Morgan fingerprint density at radius 1 is 1.12 bits per heavy atom. The molecule has 188 valence electrons. The van der Waals surface area contributed by atoms with Crippen molar-refractivity contribution in [1.82, 2.24) is 4.90 Å². The summed E-state index contributed by atoms with van der Waals surface area (Å²) in [4.78, 5) is 15.5. The van der Waals surface area contributed by atoms with Crippen molar-refractivity contribution in [3.63, 3.8) is 0 Å². The molecule has 0 aliphatic heterocycles. The molecule has 0 aromatic carbocycles. The van der Waals surface area contributed by atoms with Gasteiger partial charge in [-0.25, -0.2) is 0 Å². The SMILES string of the molecule is COC(CN(C)C(C)C1CC[C@@]2(O)C3=CC(=O)C4CC(O)C(O)C[C@]4(C)C3CCC12C)OC. The van der Waals surface area contributed by atoms with Crippen LogP contribution in [-0.2, 0) is 14.3 Å². The zero-order valence-electron chi connectivity index (χ0n) is 21.1. The first-order valence-corrected chi connectivity index (χ1v) is 12.5. The first-order valence-electron chi connectivity index (χ1n) is 12.5. The smallest absolute Gasteiger partial charge is 0.169 e. The molecule has 0 radical (unpaired) electrons. The summed E-state index contributed by atoms with van der Waals surface area (Å²) in [5, 5.41) is 33.0. The quantitative estimate of drug-likeness (QED) is 0.517. The Labute approximate surface area is 198 Å². The van der Waals surface area contributed by atoms with Gasteiger partial charge in [0.25, 0.3) is 0 Å². The van der Waals surface area contributed by atoms with Gasteiger partial charge in [-0.15, -0.1) is 0 Å². The molecular weight excluding hydrogens is 422 g/mol. The number of likely N-dealkylation sites (N-methyl/N-ethyl adjacent to an activating group) is 1. The molecule has 0 amide bonds. The van der Waals surface area contributed by atoms with Gasteiger partial charge in [0.2, 0.25) is 0 Å². The summed E-state index contributed by atoms with van der Waals surface area (Å²) in [5.74, 6) is 0.0330. The fourth-order valence-corrected chi connectivity index (χ4v) is 8.14. The number of fused-ring (bicyclic) bond motifs is 5. The van der Waals surface area contributed by atoms with Crippen LogP contribution in [0.4, 0.5) is 0 Å². The van der Waals surface area contributed by atoms with Crippen molar-refractivity contribution in [2.45, 2.75) is 89.4 Å². The monoisotopic (exact) mass is 465 g/mol. The summed E-state index contributed by atoms with van der Waals surface area (Å²) in [5.41, 5.74) is -0.911. The lowest BCUT2D eigenvalue weighted by Gasteiger charge is -2.60. The van der Waals surface area contributed by atoms with Gasteiger partial charge in [-0.05, 0) is 81.4 Å². The molecule has 4 aliphatic rings. The third kappa shape index (κ3) is 3.66. The van der Waals surface area contributed by atoms with Crippen molar-refractivity contribution in [3.8, 4) is 0 Å². The number of ketones is 1. The predicted molar refractivity (Wildman–Crippen MR) is 124 cm³/mol. The van der Waals surface area contributed by atoms with E-state index in [1.54, 1.807) is 20.3 Å². The molecule has 0 spiro atoms. The molecule has 0 aromatic rings. The van der Waals surface area contributed by atoms with Crippen LogP contribution in [0.1, 0.15) is 59.3 Å². The van der Waals surface area contributed by atoms with Crippen LogP contribution in [0.3, 0.4) is 0 Å². The molecule has 3 N–H and O–H groups in total. The van der Waals surface area contributed by atoms with Gasteiger partial charge in [-0.1, -0.05) is 13.8 Å². The highest BCUT2D eigenvalue weighted by Crippen LogP contribution is 2.67. The minimum atomic E-state index is -1.03. The van der Waals surface area contributed by atoms with Gasteiger partial charge in [0.1, 0.15) is 0 Å². The van der Waals surface area contributed by atoms with Crippen LogP contribution in [0.25, 0.3) is 0 Å². The molecule has 3 fully saturated rings. The second-order valence-electron chi connectivity index (χ2n) is 11.7. The summed E-state index contributed by atoms with van der Waals surface area (Å²) in [6.45, 7) is 7.15. The lowest BCUT2D eigenvalue weighted by Crippen LogP contribution is -2.61. The summed E-state index contributed by atoms with van der Waals surface area (Å²) in [6, 6.07) is 0.211. The number of methoxy groups -OCH3 is 2. The molecule has 7 nitrogen and oxygen atoms in total. The maximum Gasteiger partial charge on any atom is 0.169 e. The zero-order valence-corrected chi connectivity index (χ0v) is 21.1. The fourth-order valence-electron chi connectivity index (χ4n) is 8.14. The Morgan fingerprint density at radius 2 is 1.79 bits per heavy atom. The first-order chi connectivity index (χ1) is 15.4. The number of rotatable bonds is 6. The third-order valence-electron chi connectivity index (χ3n) is 10.4. The number of aliphatic hydroxyl groups is 3. The molecule has 0 heterocycles. The van der Waals surface area contributed by atoms with E-state index in [4.69, 9.17) is 9.47 Å². The van der Waals surface area contributed by atoms with E-state index in [2.05, 4.69) is 32.7 Å². The number of hydrogen-bond acceptors (Lipinski definition) is 7. The number of carbonyl (C=O) groups is 1. The van der Waals surface area contributed by atoms with Gasteiger partial charge in [-0.2, -0.15) is 0 Å². The second kappa shape index (κ2) is 8.68. The molecule has 9 atom stereocenters. The maximum absolute atomic E-state index is 13.3. The largest absolute Gasteiger partial charge is 0.390 e. The first kappa shape index (κ1) is 25.3. The number of carbonyl (C=O) groups excluding carboxylic acids is 1. The Hall–Kier alpha value is -0.830. The van der Waals surface area contributed by atoms with E-state index in [1.807, 2.05) is 0 Å². The van der Waals surface area contributed by atoms with Crippen molar-refractivity contribution in [3.05, 3.63) is 11.6 Å². The average Bonchev–Trinajstić information content (AvgIpc) is 3.05. The second-order valence-corrected chi connectivity index (χ2v) is 11.7. The zero-order chi connectivity index (χ0) is 24.3. The van der Waals surface area contributed by atoms with Crippen LogP contribution < -0.4 is 0 Å². The summed E-state index contributed by atoms with van der Waals surface area (Å²) < 4.78 is 10.8. The maximum atomic E-state index is 13.3. The lowest BCUT2D eigenvalue weighted by atomic mass is 9.46. The summed E-state index contributed by atoms with van der Waals surface area (Å²) >= 11 is 0. The Kier molecular flexibility index (Phi) is 6.65. The minimum absolute atomic E-state index is 0.00372. The normalized spacial score (nSPS) is 46.1. The van der Waals surface area contributed by atoms with Crippen molar-refractivity contribution in [2.75, 3.05) is 27.8 Å². The summed E-state index contributed by atoms with van der Waals surface area (Å²) in [6.07, 6.45) is 3.76. The van der Waals surface area contributed by atoms with Crippen molar-refractivity contribution >= 4 is 5.78 Å². The van der Waals surface area contributed by atoms with Crippen LogP contribution in [0.2, 0.25) is 0 Å². The van der Waals surface area contributed by atoms with Gasteiger partial charge in [-0.3, -0.25) is 9.69 Å². The fraction of sp³-hybridized carbons (Fsp3) is 0.885. The van der Waals surface area contributed by atoms with Gasteiger partial charge >= 0.3 is 0 Å². The minimum Gasteiger partial charge on any atom is -0.390 e. The van der Waals surface area contributed by atoms with Crippen molar-refractivity contribution in [2.24, 2.45) is 28.6 Å². The highest BCUT2D eigenvalue weighted by Gasteiger charge is 2.67. The van der Waals surface area contributed by atoms with E-state index >= 15 is 0 Å². The van der Waals surface area contributed by atoms with Crippen LogP contribution in [0, 0.1) is 28.6 Å². The molecule has 7 unspecified atom stereocenters. The summed E-state index contributed by atoms with van der Waals surface area (Å²) in [7, 11) is 5.36. The lowest BCUT2D eigenvalue weighted by molar-refractivity contribution is -0.155. The molecule has 7 heteroatoms. The molecule has 0 aromatic heterocycles. The number of allylic oxidation sites excluding steroid dienone is 1. The van der Waals surface area contributed by atoms with E-state index in [0.717, 1.165) is 24.8 Å². The van der Waals surface area contributed by atoms with Crippen LogP contribution in [0.15, 0.2) is 11.6 Å². The number of aliphatic hydroxyl groups excluding tert-OH is 2. The van der Waals surface area contributed by atoms with E-state index in [9.17, 15) is 20.1 Å². The topological polar surface area (TPSA) is 99.5 Å². The Morgan fingerprint density at radius 3 is 2.42 bits per heavy atom. The third-order valence-corrected chi connectivity index (χ3v) is 10.4. The number of nitrogens with zero attached hydrogens (tertiary/aromatic N) is 1. The molecule has 0 saturated heterocycles. The van der Waals surface area contributed by atoms with Crippen molar-refractivity contribution < 1.29 is 29.6 Å². The van der Waals surface area contributed by atoms with Crippen LogP contribution in [-0.4, -0.2) is 84.0 Å². The molecule has 0 bridgehead atoms. The molecule has 33 heavy (non-hydrogen) atoms. The number of hydrogen-bond donors (Lipinski definition) is 3. The Balaban J connectivity index is 1.64.